The van der Waals surface area contributed by atoms with Gasteiger partial charge in [0.05, 0.1) is 6.61 Å². The number of ether oxygens (including phenoxy) is 1. The zero-order chi connectivity index (χ0) is 11.4. The smallest absolute Gasteiger partial charge is 0.123 e. The molecule has 1 aromatic rings. The second kappa shape index (κ2) is 5.51. The van der Waals surface area contributed by atoms with Gasteiger partial charge in [0, 0.05) is 31.3 Å². The van der Waals surface area contributed by atoms with Crippen LogP contribution >= 0.6 is 11.6 Å². The summed E-state index contributed by atoms with van der Waals surface area (Å²) in [6, 6.07) is 4.80. The van der Waals surface area contributed by atoms with Crippen molar-refractivity contribution in [2.45, 2.75) is 12.3 Å². The van der Waals surface area contributed by atoms with E-state index in [-0.39, 0.29) is 5.82 Å². The standard InChI is InChI=1S/C12H15ClFNO/c13-9-10-8-11(14)2-3-12(10)15-4-1-6-16-7-5-15/h2-3,8H,1,4-7,9H2. The molecule has 16 heavy (non-hydrogen) atoms. The highest BCUT2D eigenvalue weighted by atomic mass is 35.5. The van der Waals surface area contributed by atoms with Gasteiger partial charge in [-0.2, -0.15) is 0 Å². The summed E-state index contributed by atoms with van der Waals surface area (Å²) >= 11 is 5.84. The number of rotatable bonds is 2. The van der Waals surface area contributed by atoms with Gasteiger partial charge >= 0.3 is 0 Å². The molecule has 0 aliphatic carbocycles. The maximum atomic E-state index is 13.1. The Morgan fingerprint density at radius 3 is 3.00 bits per heavy atom. The molecule has 0 unspecified atom stereocenters. The molecule has 0 N–H and O–H groups in total. The lowest BCUT2D eigenvalue weighted by molar-refractivity contribution is 0.152. The predicted molar refractivity (Wildman–Crippen MR) is 63.6 cm³/mol. The Labute approximate surface area is 100.0 Å². The maximum absolute atomic E-state index is 13.1. The molecule has 1 aliphatic heterocycles. The summed E-state index contributed by atoms with van der Waals surface area (Å²) in [5, 5.41) is 0. The predicted octanol–water partition coefficient (Wildman–Crippen LogP) is 2.79. The zero-order valence-electron chi connectivity index (χ0n) is 9.09. The molecule has 0 aromatic heterocycles. The Bertz CT molecular complexity index is 351. The van der Waals surface area contributed by atoms with E-state index >= 15 is 0 Å². The van der Waals surface area contributed by atoms with Gasteiger partial charge in [-0.15, -0.1) is 11.6 Å². The highest BCUT2D eigenvalue weighted by Gasteiger charge is 2.13. The van der Waals surface area contributed by atoms with E-state index in [2.05, 4.69) is 4.90 Å². The Kier molecular flexibility index (Phi) is 4.02. The molecule has 0 atom stereocenters. The van der Waals surface area contributed by atoms with Crippen molar-refractivity contribution in [1.29, 1.82) is 0 Å². The number of benzene rings is 1. The number of nitrogens with zero attached hydrogens (tertiary/aromatic N) is 1. The first-order valence-electron chi connectivity index (χ1n) is 5.48. The van der Waals surface area contributed by atoms with Gasteiger partial charge in [-0.1, -0.05) is 0 Å². The third-order valence-electron chi connectivity index (χ3n) is 2.75. The number of halogens is 2. The van der Waals surface area contributed by atoms with Crippen molar-refractivity contribution in [2.75, 3.05) is 31.2 Å². The normalized spacial score (nSPS) is 17.2. The van der Waals surface area contributed by atoms with Crippen LogP contribution in [0.2, 0.25) is 0 Å². The lowest BCUT2D eigenvalue weighted by Gasteiger charge is -2.24. The Hall–Kier alpha value is -0.800. The number of anilines is 1. The van der Waals surface area contributed by atoms with Gasteiger partial charge < -0.3 is 9.64 Å². The molecule has 0 saturated carbocycles. The average Bonchev–Trinajstić information content (AvgIpc) is 2.57. The fourth-order valence-electron chi connectivity index (χ4n) is 1.96. The summed E-state index contributed by atoms with van der Waals surface area (Å²) in [6.45, 7) is 3.30. The molecule has 1 fully saturated rings. The number of hydrogen-bond donors (Lipinski definition) is 0. The van der Waals surface area contributed by atoms with E-state index in [9.17, 15) is 4.39 Å². The first-order valence-corrected chi connectivity index (χ1v) is 6.02. The summed E-state index contributed by atoms with van der Waals surface area (Å²) < 4.78 is 18.5. The molecule has 4 heteroatoms. The van der Waals surface area contributed by atoms with Crippen LogP contribution in [-0.2, 0) is 10.6 Å². The van der Waals surface area contributed by atoms with Crippen LogP contribution in [0.5, 0.6) is 0 Å². The van der Waals surface area contributed by atoms with Gasteiger partial charge in [-0.05, 0) is 30.2 Å². The van der Waals surface area contributed by atoms with Crippen LogP contribution in [-0.4, -0.2) is 26.3 Å². The van der Waals surface area contributed by atoms with E-state index in [0.717, 1.165) is 44.0 Å². The van der Waals surface area contributed by atoms with Gasteiger partial charge in [0.15, 0.2) is 0 Å². The van der Waals surface area contributed by atoms with Crippen LogP contribution in [0.15, 0.2) is 18.2 Å². The number of alkyl halides is 1. The maximum Gasteiger partial charge on any atom is 0.123 e. The Morgan fingerprint density at radius 2 is 2.19 bits per heavy atom. The largest absolute Gasteiger partial charge is 0.380 e. The minimum absolute atomic E-state index is 0.231. The number of hydrogen-bond acceptors (Lipinski definition) is 2. The highest BCUT2D eigenvalue weighted by molar-refractivity contribution is 6.17. The monoisotopic (exact) mass is 243 g/mol. The molecule has 2 rings (SSSR count). The third-order valence-corrected chi connectivity index (χ3v) is 3.04. The first-order chi connectivity index (χ1) is 7.81. The van der Waals surface area contributed by atoms with E-state index in [1.165, 1.54) is 12.1 Å². The zero-order valence-corrected chi connectivity index (χ0v) is 9.84. The lowest BCUT2D eigenvalue weighted by Crippen LogP contribution is -2.26. The quantitative estimate of drug-likeness (QED) is 0.741. The van der Waals surface area contributed by atoms with Crippen molar-refractivity contribution in [2.24, 2.45) is 0 Å². The van der Waals surface area contributed by atoms with Gasteiger partial charge in [-0.3, -0.25) is 0 Å². The second-order valence-electron chi connectivity index (χ2n) is 3.86. The molecule has 2 nitrogen and oxygen atoms in total. The van der Waals surface area contributed by atoms with Crippen molar-refractivity contribution < 1.29 is 9.13 Å². The molecular formula is C12H15ClFNO. The van der Waals surface area contributed by atoms with Crippen LogP contribution < -0.4 is 4.90 Å². The van der Waals surface area contributed by atoms with Crippen LogP contribution in [0, 0.1) is 5.82 Å². The van der Waals surface area contributed by atoms with Crippen molar-refractivity contribution in [1.82, 2.24) is 0 Å². The molecule has 88 valence electrons. The van der Waals surface area contributed by atoms with E-state index in [1.54, 1.807) is 6.07 Å². The lowest BCUT2D eigenvalue weighted by atomic mass is 10.1. The minimum atomic E-state index is -0.231. The average molecular weight is 244 g/mol. The summed E-state index contributed by atoms with van der Waals surface area (Å²) in [6.07, 6.45) is 0.999. The molecule has 0 spiro atoms. The highest BCUT2D eigenvalue weighted by Crippen LogP contribution is 2.24. The molecule has 1 aromatic carbocycles. The van der Waals surface area contributed by atoms with Gasteiger partial charge in [0.1, 0.15) is 5.82 Å². The summed E-state index contributed by atoms with van der Waals surface area (Å²) in [5.74, 6) is 0.107. The van der Waals surface area contributed by atoms with Crippen LogP contribution in [0.3, 0.4) is 0 Å². The molecule has 1 saturated heterocycles. The molecule has 1 aliphatic rings. The van der Waals surface area contributed by atoms with Gasteiger partial charge in [0.25, 0.3) is 0 Å². The summed E-state index contributed by atoms with van der Waals surface area (Å²) in [7, 11) is 0. The van der Waals surface area contributed by atoms with Crippen LogP contribution in [0.1, 0.15) is 12.0 Å². The first kappa shape index (κ1) is 11.7. The summed E-state index contributed by atoms with van der Waals surface area (Å²) in [4.78, 5) is 2.21. The fourth-order valence-corrected chi connectivity index (χ4v) is 2.17. The molecule has 1 heterocycles. The molecule has 0 radical (unpaired) electrons. The van der Waals surface area contributed by atoms with E-state index < -0.39 is 0 Å². The van der Waals surface area contributed by atoms with Crippen molar-refractivity contribution in [3.63, 3.8) is 0 Å². The van der Waals surface area contributed by atoms with Gasteiger partial charge in [-0.25, -0.2) is 4.39 Å². The van der Waals surface area contributed by atoms with E-state index in [0.29, 0.717) is 5.88 Å². The van der Waals surface area contributed by atoms with Crippen molar-refractivity contribution in [3.8, 4) is 0 Å². The van der Waals surface area contributed by atoms with E-state index in [1.807, 2.05) is 0 Å². The fraction of sp³-hybridized carbons (Fsp3) is 0.500. The van der Waals surface area contributed by atoms with Crippen LogP contribution in [0.25, 0.3) is 0 Å². The third kappa shape index (κ3) is 2.66. The minimum Gasteiger partial charge on any atom is -0.380 e. The van der Waals surface area contributed by atoms with Gasteiger partial charge in [0.2, 0.25) is 0 Å². The Balaban J connectivity index is 2.23. The Morgan fingerprint density at radius 1 is 1.31 bits per heavy atom. The molecule has 0 bridgehead atoms. The molecule has 0 amide bonds. The second-order valence-corrected chi connectivity index (χ2v) is 4.13. The van der Waals surface area contributed by atoms with Crippen molar-refractivity contribution in [3.05, 3.63) is 29.6 Å². The van der Waals surface area contributed by atoms with Crippen LogP contribution in [0.4, 0.5) is 10.1 Å². The van der Waals surface area contributed by atoms with E-state index in [4.69, 9.17) is 16.3 Å². The SMILES string of the molecule is Fc1ccc(N2CCCOCC2)c(CCl)c1. The molecular weight excluding hydrogens is 229 g/mol. The summed E-state index contributed by atoms with van der Waals surface area (Å²) in [5.41, 5.74) is 1.88. The van der Waals surface area contributed by atoms with Crippen molar-refractivity contribution >= 4 is 17.3 Å². The topological polar surface area (TPSA) is 12.5 Å².